The van der Waals surface area contributed by atoms with Gasteiger partial charge in [-0.2, -0.15) is 0 Å². The van der Waals surface area contributed by atoms with Gasteiger partial charge < -0.3 is 20.4 Å². The highest BCUT2D eigenvalue weighted by molar-refractivity contribution is 7.16. The fourth-order valence-electron chi connectivity index (χ4n) is 8.68. The molecule has 0 bridgehead atoms. The van der Waals surface area contributed by atoms with Gasteiger partial charge >= 0.3 is 0 Å². The summed E-state index contributed by atoms with van der Waals surface area (Å²) in [6.07, 6.45) is 5.70. The zero-order valence-electron chi connectivity index (χ0n) is 34.2. The molecule has 2 aliphatic heterocycles. The number of aryl methyl sites for hydroxylation is 2. The summed E-state index contributed by atoms with van der Waals surface area (Å²) in [4.78, 5) is 37.0. The van der Waals surface area contributed by atoms with Crippen LogP contribution in [0.5, 0.6) is 0 Å². The van der Waals surface area contributed by atoms with E-state index in [1.54, 1.807) is 11.3 Å². The highest BCUT2D eigenvalue weighted by Gasteiger charge is 2.40. The summed E-state index contributed by atoms with van der Waals surface area (Å²) < 4.78 is 44.9. The molecule has 4 aromatic heterocycles. The van der Waals surface area contributed by atoms with Gasteiger partial charge in [0.1, 0.15) is 28.9 Å². The topological polar surface area (TPSA) is 111 Å². The van der Waals surface area contributed by atoms with Crippen LogP contribution in [0.25, 0.3) is 27.2 Å². The molecule has 6 heterocycles. The van der Waals surface area contributed by atoms with Crippen molar-refractivity contribution in [1.29, 1.82) is 0 Å². The van der Waals surface area contributed by atoms with Gasteiger partial charge in [0.25, 0.3) is 0 Å². The van der Waals surface area contributed by atoms with Crippen LogP contribution in [-0.2, 0) is 0 Å². The van der Waals surface area contributed by atoms with Crippen molar-refractivity contribution in [2.75, 3.05) is 59.7 Å². The van der Waals surface area contributed by atoms with Crippen LogP contribution < -0.4 is 20.4 Å². The van der Waals surface area contributed by atoms with E-state index in [0.717, 1.165) is 85.1 Å². The molecular formula is C42H56F3N11S2. The number of nitrogens with zero attached hydrogens (tertiary/aromatic N) is 9. The van der Waals surface area contributed by atoms with Crippen LogP contribution in [0, 0.1) is 13.8 Å². The third-order valence-electron chi connectivity index (χ3n) is 12.3. The van der Waals surface area contributed by atoms with E-state index in [9.17, 15) is 8.78 Å². The molecule has 0 aromatic carbocycles. The average molecular weight is 836 g/mol. The van der Waals surface area contributed by atoms with E-state index in [4.69, 9.17) is 24.9 Å². The lowest BCUT2D eigenvalue weighted by Crippen LogP contribution is -2.49. The number of aromatic nitrogens is 6. The third kappa shape index (κ3) is 9.28. The minimum Gasteiger partial charge on any atom is -0.367 e. The molecule has 2 saturated carbocycles. The quantitative estimate of drug-likeness (QED) is 0.151. The van der Waals surface area contributed by atoms with Crippen molar-refractivity contribution in [3.8, 4) is 21.7 Å². The summed E-state index contributed by atoms with van der Waals surface area (Å²) >= 11 is 2.92. The first kappa shape index (κ1) is 40.9. The Morgan fingerprint density at radius 3 is 1.83 bits per heavy atom. The van der Waals surface area contributed by atoms with Crippen LogP contribution in [0.4, 0.5) is 36.4 Å². The summed E-state index contributed by atoms with van der Waals surface area (Å²) in [5.41, 5.74) is 0.504. The molecule has 2 saturated heterocycles. The number of rotatable bonds is 11. The van der Waals surface area contributed by atoms with E-state index in [0.29, 0.717) is 78.3 Å². The molecule has 4 aliphatic rings. The van der Waals surface area contributed by atoms with E-state index in [2.05, 4.69) is 50.7 Å². The van der Waals surface area contributed by atoms with E-state index < -0.39 is 11.6 Å². The zero-order chi connectivity index (χ0) is 40.6. The molecule has 0 spiro atoms. The summed E-state index contributed by atoms with van der Waals surface area (Å²) in [6, 6.07) is 4.42. The van der Waals surface area contributed by atoms with Gasteiger partial charge in [-0.25, -0.2) is 43.1 Å². The van der Waals surface area contributed by atoms with Crippen molar-refractivity contribution in [2.24, 2.45) is 0 Å². The number of hydrogen-bond acceptors (Lipinski definition) is 13. The standard InChI is InChI=1S/C42H56F3N11S2/c1-26(2)54-19-21-56(22-20-54)35-24-32(50-37(52-35)39-46-27(3)25-57-39)48-30-9-13-41(43,14-10-30)28(4)36-29(5)47-40(58-36)38-51-33(49-31-11-15-42(44,45)16-12-31)23-34(53-38)55-17-7-6-8-18-55/h23-26,30-31H,4,6-22H2,1-3,5H3,(H,48,50,52)(H,49,51,53). The minimum absolute atomic E-state index is 0.0356. The minimum atomic E-state index is -2.61. The Morgan fingerprint density at radius 2 is 1.28 bits per heavy atom. The monoisotopic (exact) mass is 835 g/mol. The second kappa shape index (κ2) is 17.0. The largest absolute Gasteiger partial charge is 0.367 e. The number of alkyl halides is 3. The molecule has 11 nitrogen and oxygen atoms in total. The van der Waals surface area contributed by atoms with Crippen LogP contribution >= 0.6 is 22.7 Å². The van der Waals surface area contributed by atoms with Crippen LogP contribution in [-0.4, -0.2) is 104 Å². The molecule has 8 rings (SSSR count). The number of thiazole rings is 2. The Hall–Kier alpha value is -3.89. The fourth-order valence-corrected chi connectivity index (χ4v) is 10.5. The van der Waals surface area contributed by atoms with Gasteiger partial charge in [0.2, 0.25) is 5.92 Å². The maximum Gasteiger partial charge on any atom is 0.248 e. The number of nitrogens with one attached hydrogen (secondary N) is 2. The summed E-state index contributed by atoms with van der Waals surface area (Å²) in [5.74, 6) is 1.49. The fraction of sp³-hybridized carbons (Fsp3) is 0.619. The van der Waals surface area contributed by atoms with Gasteiger partial charge in [-0.1, -0.05) is 6.58 Å². The van der Waals surface area contributed by atoms with Gasteiger partial charge in [-0.3, -0.25) is 4.90 Å². The number of anilines is 4. The Bertz CT molecular complexity index is 2050. The van der Waals surface area contributed by atoms with Crippen LogP contribution in [0.3, 0.4) is 0 Å². The first-order chi connectivity index (χ1) is 27.8. The molecular weight excluding hydrogens is 780 g/mol. The van der Waals surface area contributed by atoms with E-state index in [-0.39, 0.29) is 24.9 Å². The molecule has 58 heavy (non-hydrogen) atoms. The van der Waals surface area contributed by atoms with Crippen molar-refractivity contribution < 1.29 is 13.2 Å². The summed E-state index contributed by atoms with van der Waals surface area (Å²) in [6.45, 7) is 18.2. The van der Waals surface area contributed by atoms with Crippen LogP contribution in [0.2, 0.25) is 0 Å². The number of allylic oxidation sites excluding steroid dienone is 1. The maximum atomic E-state index is 17.0. The predicted molar refractivity (Wildman–Crippen MR) is 230 cm³/mol. The third-order valence-corrected chi connectivity index (χ3v) is 14.5. The lowest BCUT2D eigenvalue weighted by atomic mass is 9.78. The second-order valence-electron chi connectivity index (χ2n) is 16.9. The zero-order valence-corrected chi connectivity index (χ0v) is 35.8. The van der Waals surface area contributed by atoms with E-state index in [1.165, 1.54) is 17.8 Å². The van der Waals surface area contributed by atoms with Crippen molar-refractivity contribution in [3.05, 3.63) is 40.4 Å². The number of piperidine rings is 1. The van der Waals surface area contributed by atoms with E-state index >= 15 is 4.39 Å². The Labute approximate surface area is 348 Å². The van der Waals surface area contributed by atoms with Gasteiger partial charge in [0.15, 0.2) is 21.7 Å². The average Bonchev–Trinajstić information content (AvgIpc) is 3.84. The smallest absolute Gasteiger partial charge is 0.248 e. The number of halogens is 3. The number of hydrogen-bond donors (Lipinski definition) is 2. The maximum absolute atomic E-state index is 17.0. The molecule has 2 N–H and O–H groups in total. The van der Waals surface area contributed by atoms with Crippen molar-refractivity contribution in [2.45, 2.75) is 128 Å². The highest BCUT2D eigenvalue weighted by Crippen LogP contribution is 2.46. The Balaban J connectivity index is 0.967. The van der Waals surface area contributed by atoms with Crippen molar-refractivity contribution in [3.63, 3.8) is 0 Å². The van der Waals surface area contributed by atoms with Gasteiger partial charge in [0.05, 0.1) is 10.6 Å². The molecule has 0 radical (unpaired) electrons. The lowest BCUT2D eigenvalue weighted by molar-refractivity contribution is -0.0361. The van der Waals surface area contributed by atoms with Crippen LogP contribution in [0.1, 0.15) is 101 Å². The first-order valence-electron chi connectivity index (χ1n) is 21.0. The molecule has 4 fully saturated rings. The molecule has 2 aliphatic carbocycles. The molecule has 0 atom stereocenters. The SMILES string of the molecule is C=C(c1sc(-c2nc(NC3CCC(F)(F)CC3)cc(N3CCCCC3)n2)nc1C)C1(F)CCC(Nc2cc(N3CCN(C(C)C)CC3)nc(-c3nc(C)cs3)n2)CC1. The molecule has 16 heteroatoms. The Morgan fingerprint density at radius 1 is 0.724 bits per heavy atom. The van der Waals surface area contributed by atoms with Gasteiger partial charge in [0, 0.05) is 99.0 Å². The highest BCUT2D eigenvalue weighted by atomic mass is 32.1. The molecule has 0 amide bonds. The Kier molecular flexibility index (Phi) is 12.0. The normalized spacial score (nSPS) is 23.3. The van der Waals surface area contributed by atoms with Gasteiger partial charge in [-0.05, 0) is 85.5 Å². The molecule has 312 valence electrons. The predicted octanol–water partition coefficient (Wildman–Crippen LogP) is 9.42. The lowest BCUT2D eigenvalue weighted by Gasteiger charge is -2.38. The summed E-state index contributed by atoms with van der Waals surface area (Å²) in [5, 5.41) is 10.5. The first-order valence-corrected chi connectivity index (χ1v) is 22.7. The van der Waals surface area contributed by atoms with E-state index in [1.807, 2.05) is 31.4 Å². The molecule has 4 aromatic rings. The number of piperazine rings is 1. The second-order valence-corrected chi connectivity index (χ2v) is 18.8. The van der Waals surface area contributed by atoms with Gasteiger partial charge in [-0.15, -0.1) is 22.7 Å². The van der Waals surface area contributed by atoms with Crippen LogP contribution in [0.15, 0.2) is 24.1 Å². The van der Waals surface area contributed by atoms with Crippen molar-refractivity contribution >= 4 is 51.5 Å². The molecule has 0 unspecified atom stereocenters. The summed E-state index contributed by atoms with van der Waals surface area (Å²) in [7, 11) is 0. The van der Waals surface area contributed by atoms with Crippen molar-refractivity contribution in [1.82, 2.24) is 34.8 Å².